The first kappa shape index (κ1) is 16.5. The van der Waals surface area contributed by atoms with Crippen LogP contribution in [0.3, 0.4) is 0 Å². The summed E-state index contributed by atoms with van der Waals surface area (Å²) in [5, 5.41) is 15.4. The number of amides is 2. The van der Waals surface area contributed by atoms with E-state index in [1.165, 1.54) is 0 Å². The number of nitrogens with one attached hydrogen (secondary N) is 2. The maximum absolute atomic E-state index is 11.9. The molecule has 1 fully saturated rings. The van der Waals surface area contributed by atoms with E-state index in [1.807, 2.05) is 48.9 Å². The van der Waals surface area contributed by atoms with Crippen LogP contribution in [0.25, 0.3) is 5.69 Å². The molecular weight excluding hydrogens is 304 g/mol. The molecule has 2 atom stereocenters. The maximum Gasteiger partial charge on any atom is 0.315 e. The van der Waals surface area contributed by atoms with Gasteiger partial charge >= 0.3 is 6.03 Å². The van der Waals surface area contributed by atoms with Gasteiger partial charge in [0.15, 0.2) is 0 Å². The second kappa shape index (κ2) is 7.05. The minimum absolute atomic E-state index is 0.110. The lowest BCUT2D eigenvalue weighted by molar-refractivity contribution is 0.149. The first-order chi connectivity index (χ1) is 11.5. The van der Waals surface area contributed by atoms with Crippen molar-refractivity contribution >= 4 is 6.03 Å². The summed E-state index contributed by atoms with van der Waals surface area (Å²) in [5.74, 6) is 1.30. The Morgan fingerprint density at radius 3 is 2.67 bits per heavy atom. The van der Waals surface area contributed by atoms with Crippen LogP contribution in [-0.2, 0) is 0 Å². The van der Waals surface area contributed by atoms with Crippen molar-refractivity contribution in [2.45, 2.75) is 38.8 Å². The summed E-state index contributed by atoms with van der Waals surface area (Å²) in [5.41, 5.74) is 2.06. The zero-order valence-electron chi connectivity index (χ0n) is 14.1. The highest BCUT2D eigenvalue weighted by atomic mass is 16.3. The highest BCUT2D eigenvalue weighted by molar-refractivity contribution is 5.74. The second-order valence-corrected chi connectivity index (χ2v) is 6.42. The molecule has 1 saturated carbocycles. The fourth-order valence-corrected chi connectivity index (χ4v) is 2.75. The third-order valence-electron chi connectivity index (χ3n) is 4.48. The molecule has 128 valence electrons. The van der Waals surface area contributed by atoms with Gasteiger partial charge < -0.3 is 20.3 Å². The average Bonchev–Trinajstić information content (AvgIpc) is 3.34. The second-order valence-electron chi connectivity index (χ2n) is 6.42. The van der Waals surface area contributed by atoms with Crippen molar-refractivity contribution in [3.05, 3.63) is 48.0 Å². The Morgan fingerprint density at radius 1 is 1.38 bits per heavy atom. The first-order valence-electron chi connectivity index (χ1n) is 8.37. The molecule has 0 aliphatic heterocycles. The summed E-state index contributed by atoms with van der Waals surface area (Å²) in [7, 11) is 0. The molecule has 0 radical (unpaired) electrons. The van der Waals surface area contributed by atoms with E-state index in [9.17, 15) is 9.90 Å². The number of benzene rings is 1. The maximum atomic E-state index is 11.9. The Hall–Kier alpha value is -2.34. The van der Waals surface area contributed by atoms with E-state index < -0.39 is 6.10 Å². The van der Waals surface area contributed by atoms with Crippen LogP contribution in [0.15, 0.2) is 36.7 Å². The van der Waals surface area contributed by atoms with E-state index in [0.29, 0.717) is 12.5 Å². The third-order valence-corrected chi connectivity index (χ3v) is 4.48. The smallest absolute Gasteiger partial charge is 0.315 e. The lowest BCUT2D eigenvalue weighted by atomic mass is 10.1. The Balaban J connectivity index is 1.53. The largest absolute Gasteiger partial charge is 0.391 e. The van der Waals surface area contributed by atoms with Crippen LogP contribution in [0.2, 0.25) is 0 Å². The number of aromatic nitrogens is 2. The van der Waals surface area contributed by atoms with Crippen molar-refractivity contribution in [2.24, 2.45) is 5.92 Å². The fraction of sp³-hybridized carbons (Fsp3) is 0.444. The summed E-state index contributed by atoms with van der Waals surface area (Å²) < 4.78 is 2.01. The average molecular weight is 328 g/mol. The molecule has 1 aliphatic carbocycles. The van der Waals surface area contributed by atoms with Gasteiger partial charge in [0.05, 0.1) is 12.1 Å². The number of carbonyl (C=O) groups excluding carboxylic acids is 1. The molecule has 24 heavy (non-hydrogen) atoms. The standard InChI is InChI=1S/C18H24N4O2/c1-12(21-18(24)20-11-17(23)15-3-4-15)14-5-7-16(8-6-14)22-10-9-19-13(22)2/h5-10,12,15,17,23H,3-4,11H2,1-2H3,(H2,20,21,24). The molecule has 3 N–H and O–H groups in total. The Labute approximate surface area is 141 Å². The summed E-state index contributed by atoms with van der Waals surface area (Å²) in [6.45, 7) is 4.20. The quantitative estimate of drug-likeness (QED) is 0.761. The lowest BCUT2D eigenvalue weighted by Crippen LogP contribution is -2.41. The van der Waals surface area contributed by atoms with Crippen LogP contribution >= 0.6 is 0 Å². The first-order valence-corrected chi connectivity index (χ1v) is 8.37. The van der Waals surface area contributed by atoms with Crippen molar-refractivity contribution in [1.29, 1.82) is 0 Å². The van der Waals surface area contributed by atoms with Crippen LogP contribution in [-0.4, -0.2) is 33.3 Å². The molecule has 1 aliphatic rings. The van der Waals surface area contributed by atoms with Crippen molar-refractivity contribution in [3.8, 4) is 5.69 Å². The number of hydrogen-bond acceptors (Lipinski definition) is 3. The number of imidazole rings is 1. The van der Waals surface area contributed by atoms with E-state index in [0.717, 1.165) is 29.9 Å². The molecule has 3 rings (SSSR count). The Morgan fingerprint density at radius 2 is 2.08 bits per heavy atom. The lowest BCUT2D eigenvalue weighted by Gasteiger charge is -2.17. The van der Waals surface area contributed by atoms with Crippen molar-refractivity contribution in [2.75, 3.05) is 6.54 Å². The molecule has 2 unspecified atom stereocenters. The summed E-state index contributed by atoms with van der Waals surface area (Å²) in [4.78, 5) is 16.1. The van der Waals surface area contributed by atoms with Gasteiger partial charge in [0.1, 0.15) is 5.82 Å². The van der Waals surface area contributed by atoms with Crippen molar-refractivity contribution in [1.82, 2.24) is 20.2 Å². The monoisotopic (exact) mass is 328 g/mol. The zero-order valence-corrected chi connectivity index (χ0v) is 14.1. The molecule has 2 amide bonds. The summed E-state index contributed by atoms with van der Waals surface area (Å²) >= 11 is 0. The minimum atomic E-state index is -0.427. The molecule has 0 bridgehead atoms. The molecule has 6 nitrogen and oxygen atoms in total. The zero-order chi connectivity index (χ0) is 17.1. The number of aliphatic hydroxyl groups excluding tert-OH is 1. The van der Waals surface area contributed by atoms with Gasteiger partial charge in [0, 0.05) is 24.6 Å². The molecule has 1 heterocycles. The van der Waals surface area contributed by atoms with Crippen LogP contribution in [0.5, 0.6) is 0 Å². The normalized spacial score (nSPS) is 16.5. The van der Waals surface area contributed by atoms with Gasteiger partial charge in [0.2, 0.25) is 0 Å². The van der Waals surface area contributed by atoms with Crippen LogP contribution < -0.4 is 10.6 Å². The minimum Gasteiger partial charge on any atom is -0.391 e. The molecule has 1 aromatic carbocycles. The van der Waals surface area contributed by atoms with Crippen LogP contribution in [0, 0.1) is 12.8 Å². The van der Waals surface area contributed by atoms with Crippen molar-refractivity contribution in [3.63, 3.8) is 0 Å². The van der Waals surface area contributed by atoms with Crippen LogP contribution in [0.4, 0.5) is 4.79 Å². The van der Waals surface area contributed by atoms with E-state index in [4.69, 9.17) is 0 Å². The van der Waals surface area contributed by atoms with Gasteiger partial charge in [-0.2, -0.15) is 0 Å². The number of rotatable bonds is 6. The molecule has 0 spiro atoms. The molecule has 1 aromatic heterocycles. The van der Waals surface area contributed by atoms with E-state index in [-0.39, 0.29) is 12.1 Å². The highest BCUT2D eigenvalue weighted by Gasteiger charge is 2.29. The number of urea groups is 1. The van der Waals surface area contributed by atoms with Gasteiger partial charge in [-0.3, -0.25) is 0 Å². The van der Waals surface area contributed by atoms with Crippen LogP contribution in [0.1, 0.15) is 37.2 Å². The van der Waals surface area contributed by atoms with E-state index in [1.54, 1.807) is 6.20 Å². The van der Waals surface area contributed by atoms with Gasteiger partial charge in [-0.1, -0.05) is 12.1 Å². The summed E-state index contributed by atoms with van der Waals surface area (Å²) in [6.07, 6.45) is 5.38. The van der Waals surface area contributed by atoms with Gasteiger partial charge in [-0.05, 0) is 50.3 Å². The molecule has 0 saturated heterocycles. The van der Waals surface area contributed by atoms with E-state index in [2.05, 4.69) is 15.6 Å². The Kier molecular flexibility index (Phi) is 4.85. The molecular formula is C18H24N4O2. The van der Waals surface area contributed by atoms with E-state index >= 15 is 0 Å². The van der Waals surface area contributed by atoms with Gasteiger partial charge in [-0.25, -0.2) is 9.78 Å². The SMILES string of the molecule is Cc1nccn1-c1ccc(C(C)NC(=O)NCC(O)C2CC2)cc1. The molecule has 2 aromatic rings. The van der Waals surface area contributed by atoms with Gasteiger partial charge in [-0.15, -0.1) is 0 Å². The third kappa shape index (κ3) is 3.94. The number of hydrogen-bond donors (Lipinski definition) is 3. The number of aliphatic hydroxyl groups is 1. The molecule has 6 heteroatoms. The fourth-order valence-electron chi connectivity index (χ4n) is 2.75. The number of aryl methyl sites for hydroxylation is 1. The van der Waals surface area contributed by atoms with Crippen molar-refractivity contribution < 1.29 is 9.90 Å². The van der Waals surface area contributed by atoms with Gasteiger partial charge in [0.25, 0.3) is 0 Å². The highest BCUT2D eigenvalue weighted by Crippen LogP contribution is 2.32. The Bertz CT molecular complexity index is 691. The summed E-state index contributed by atoms with van der Waals surface area (Å²) in [6, 6.07) is 7.66. The number of nitrogens with zero attached hydrogens (tertiary/aromatic N) is 2. The predicted molar refractivity (Wildman–Crippen MR) is 92.0 cm³/mol. The number of carbonyl (C=O) groups is 1. The topological polar surface area (TPSA) is 79.2 Å². The predicted octanol–water partition coefficient (Wildman–Crippen LogP) is 2.31.